The number of rotatable bonds is 2. The lowest BCUT2D eigenvalue weighted by Crippen LogP contribution is -2.32. The SMILES string of the molecule is [B]C([B])(Br)C(=O)c1ccc(F)cc1. The van der Waals surface area contributed by atoms with Gasteiger partial charge in [0.2, 0.25) is 0 Å². The molecule has 0 aliphatic heterocycles. The third kappa shape index (κ3) is 2.69. The van der Waals surface area contributed by atoms with Crippen LogP contribution < -0.4 is 0 Å². The number of Topliss-reactive ketones (excluding diaryl/α,β-unsaturated/α-hetero) is 1. The number of benzene rings is 1. The van der Waals surface area contributed by atoms with E-state index < -0.39 is 15.7 Å². The van der Waals surface area contributed by atoms with Crippen molar-refractivity contribution < 1.29 is 9.18 Å². The molecule has 1 nitrogen and oxygen atoms in total. The van der Waals surface area contributed by atoms with Crippen molar-refractivity contribution in [2.24, 2.45) is 0 Å². The minimum atomic E-state index is -1.59. The Balaban J connectivity index is 2.97. The van der Waals surface area contributed by atoms with Crippen molar-refractivity contribution in [3.05, 3.63) is 35.6 Å². The first kappa shape index (κ1) is 10.5. The second-order valence-electron chi connectivity index (χ2n) is 2.60. The van der Waals surface area contributed by atoms with Crippen LogP contribution in [0.5, 0.6) is 0 Å². The van der Waals surface area contributed by atoms with Crippen molar-refractivity contribution >= 4 is 37.4 Å². The van der Waals surface area contributed by atoms with Gasteiger partial charge in [-0.2, -0.15) is 0 Å². The van der Waals surface area contributed by atoms with E-state index >= 15 is 0 Å². The van der Waals surface area contributed by atoms with E-state index in [1.165, 1.54) is 24.3 Å². The molecule has 5 heteroatoms. The van der Waals surface area contributed by atoms with E-state index in [4.69, 9.17) is 15.7 Å². The van der Waals surface area contributed by atoms with Crippen molar-refractivity contribution in [3.63, 3.8) is 0 Å². The second-order valence-corrected chi connectivity index (χ2v) is 3.92. The lowest BCUT2D eigenvalue weighted by atomic mass is 9.66. The van der Waals surface area contributed by atoms with Crippen molar-refractivity contribution in [1.29, 1.82) is 0 Å². The molecule has 0 saturated heterocycles. The molecule has 0 spiro atoms. The molecule has 1 aromatic carbocycles. The van der Waals surface area contributed by atoms with Gasteiger partial charge in [0.25, 0.3) is 0 Å². The number of halogens is 2. The fraction of sp³-hybridized carbons (Fsp3) is 0.125. The van der Waals surface area contributed by atoms with E-state index in [2.05, 4.69) is 15.9 Å². The van der Waals surface area contributed by atoms with Gasteiger partial charge in [-0.1, -0.05) is 15.9 Å². The highest BCUT2D eigenvalue weighted by atomic mass is 79.9. The number of carbonyl (C=O) groups is 1. The van der Waals surface area contributed by atoms with Gasteiger partial charge < -0.3 is 0 Å². The summed E-state index contributed by atoms with van der Waals surface area (Å²) in [6.45, 7) is 0. The van der Waals surface area contributed by atoms with E-state index in [1.807, 2.05) is 0 Å². The Hall–Kier alpha value is -0.570. The maximum absolute atomic E-state index is 12.5. The molecule has 0 unspecified atom stereocenters. The molecule has 0 amide bonds. The molecule has 0 aromatic heterocycles. The van der Waals surface area contributed by atoms with Crippen LogP contribution in [-0.4, -0.2) is 25.6 Å². The van der Waals surface area contributed by atoms with Gasteiger partial charge in [0.1, 0.15) is 5.82 Å². The van der Waals surface area contributed by atoms with Gasteiger partial charge in [-0.15, -0.1) is 0 Å². The minimum Gasteiger partial charge on any atom is -0.294 e. The highest BCUT2D eigenvalue weighted by Crippen LogP contribution is 2.16. The molecule has 0 N–H and O–H groups in total. The molecule has 1 rings (SSSR count). The Bertz CT molecular complexity index is 318. The Morgan fingerprint density at radius 3 is 2.15 bits per heavy atom. The summed E-state index contributed by atoms with van der Waals surface area (Å²) in [5.41, 5.74) is 0.267. The Morgan fingerprint density at radius 2 is 1.77 bits per heavy atom. The Kier molecular flexibility index (Phi) is 2.96. The van der Waals surface area contributed by atoms with E-state index in [9.17, 15) is 9.18 Å². The van der Waals surface area contributed by atoms with Crippen LogP contribution in [0.3, 0.4) is 0 Å². The third-order valence-electron chi connectivity index (χ3n) is 1.45. The lowest BCUT2D eigenvalue weighted by Gasteiger charge is -2.15. The van der Waals surface area contributed by atoms with E-state index in [-0.39, 0.29) is 5.56 Å². The summed E-state index contributed by atoms with van der Waals surface area (Å²) in [4.78, 5) is 11.4. The predicted molar refractivity (Wildman–Crippen MR) is 53.9 cm³/mol. The average molecular weight is 237 g/mol. The zero-order chi connectivity index (χ0) is 10.1. The number of carbonyl (C=O) groups excluding carboxylic acids is 1. The van der Waals surface area contributed by atoms with Gasteiger partial charge in [-0.05, 0) is 24.3 Å². The summed E-state index contributed by atoms with van der Waals surface area (Å²) in [6.07, 6.45) is 0. The second kappa shape index (κ2) is 3.66. The summed E-state index contributed by atoms with van der Waals surface area (Å²) >= 11 is 2.81. The van der Waals surface area contributed by atoms with Gasteiger partial charge in [0.05, 0.1) is 15.7 Å². The van der Waals surface area contributed by atoms with Crippen LogP contribution in [0.1, 0.15) is 10.4 Å². The summed E-state index contributed by atoms with van der Waals surface area (Å²) in [5.74, 6) is -0.904. The van der Waals surface area contributed by atoms with Crippen molar-refractivity contribution in [2.45, 2.75) is 4.12 Å². The summed E-state index contributed by atoms with van der Waals surface area (Å²) in [6, 6.07) is 5.00. The molecule has 13 heavy (non-hydrogen) atoms. The molecular weight excluding hydrogens is 233 g/mol. The molecular formula is C8H4B2BrFO. The quantitative estimate of drug-likeness (QED) is 0.431. The molecule has 0 aliphatic carbocycles. The number of hydrogen-bond donors (Lipinski definition) is 0. The fourth-order valence-electron chi connectivity index (χ4n) is 0.822. The zero-order valence-corrected chi connectivity index (χ0v) is 8.21. The molecule has 0 fully saturated rings. The predicted octanol–water partition coefficient (Wildman–Crippen LogP) is 1.39. The average Bonchev–Trinajstić information content (AvgIpc) is 2.03. The summed E-state index contributed by atoms with van der Waals surface area (Å²) < 4.78 is 10.9. The first-order valence-electron chi connectivity index (χ1n) is 3.48. The van der Waals surface area contributed by atoms with E-state index in [0.29, 0.717) is 0 Å². The number of alkyl halides is 1. The summed E-state index contributed by atoms with van der Waals surface area (Å²) in [5, 5.41) is 0. The molecule has 0 atom stereocenters. The summed E-state index contributed by atoms with van der Waals surface area (Å²) in [7, 11) is 10.6. The normalized spacial score (nSPS) is 11.2. The first-order valence-corrected chi connectivity index (χ1v) is 4.27. The van der Waals surface area contributed by atoms with E-state index in [0.717, 1.165) is 0 Å². The fourth-order valence-corrected chi connectivity index (χ4v) is 1.05. The molecule has 0 heterocycles. The Morgan fingerprint density at radius 1 is 1.31 bits per heavy atom. The lowest BCUT2D eigenvalue weighted by molar-refractivity contribution is 0.1000. The zero-order valence-electron chi connectivity index (χ0n) is 6.63. The highest BCUT2D eigenvalue weighted by molar-refractivity contribution is 9.11. The van der Waals surface area contributed by atoms with Crippen LogP contribution in [0.4, 0.5) is 4.39 Å². The van der Waals surface area contributed by atoms with Crippen LogP contribution in [0, 0.1) is 5.82 Å². The Labute approximate surface area is 86.7 Å². The van der Waals surface area contributed by atoms with E-state index in [1.54, 1.807) is 0 Å². The third-order valence-corrected chi connectivity index (χ3v) is 1.81. The first-order chi connectivity index (χ1) is 5.91. The number of hydrogen-bond acceptors (Lipinski definition) is 1. The van der Waals surface area contributed by atoms with Crippen LogP contribution in [0.15, 0.2) is 24.3 Å². The molecule has 62 valence electrons. The molecule has 0 bridgehead atoms. The maximum Gasteiger partial charge on any atom is 0.161 e. The van der Waals surface area contributed by atoms with Gasteiger partial charge in [-0.3, -0.25) is 4.79 Å². The topological polar surface area (TPSA) is 17.1 Å². The maximum atomic E-state index is 12.5. The van der Waals surface area contributed by atoms with Crippen LogP contribution in [0.2, 0.25) is 0 Å². The smallest absolute Gasteiger partial charge is 0.161 e. The van der Waals surface area contributed by atoms with Gasteiger partial charge in [0.15, 0.2) is 5.78 Å². The van der Waals surface area contributed by atoms with Gasteiger partial charge in [0, 0.05) is 9.69 Å². The minimum absolute atomic E-state index is 0.267. The van der Waals surface area contributed by atoms with Crippen molar-refractivity contribution in [2.75, 3.05) is 0 Å². The molecule has 0 saturated carbocycles. The van der Waals surface area contributed by atoms with Crippen molar-refractivity contribution in [1.82, 2.24) is 0 Å². The standard InChI is InChI=1S/C8H4B2BrFO/c9-8(10,11)7(13)5-1-3-6(12)4-2-5/h1-4H. The number of ketones is 1. The van der Waals surface area contributed by atoms with Crippen LogP contribution in [-0.2, 0) is 0 Å². The molecule has 1 aromatic rings. The van der Waals surface area contributed by atoms with Crippen LogP contribution in [0.25, 0.3) is 0 Å². The largest absolute Gasteiger partial charge is 0.294 e. The molecule has 4 radical (unpaired) electrons. The molecule has 0 aliphatic rings. The van der Waals surface area contributed by atoms with Crippen molar-refractivity contribution in [3.8, 4) is 0 Å². The highest BCUT2D eigenvalue weighted by Gasteiger charge is 2.23. The van der Waals surface area contributed by atoms with Crippen LogP contribution >= 0.6 is 15.9 Å². The monoisotopic (exact) mass is 236 g/mol. The van der Waals surface area contributed by atoms with Gasteiger partial charge in [-0.25, -0.2) is 4.39 Å². The van der Waals surface area contributed by atoms with Gasteiger partial charge >= 0.3 is 0 Å².